The second-order valence-corrected chi connectivity index (χ2v) is 6.22. The Morgan fingerprint density at radius 1 is 1.20 bits per heavy atom. The van der Waals surface area contributed by atoms with E-state index in [9.17, 15) is 4.79 Å². The summed E-state index contributed by atoms with van der Waals surface area (Å²) in [5.74, 6) is -0.364. The van der Waals surface area contributed by atoms with Crippen LogP contribution in [0.5, 0.6) is 0 Å². The topological polar surface area (TPSA) is 44.8 Å². The van der Waals surface area contributed by atoms with Crippen LogP contribution in [-0.2, 0) is 14.2 Å². The molecular weight excluding hydrogens is 256 g/mol. The van der Waals surface area contributed by atoms with Crippen LogP contribution in [0, 0.1) is 5.41 Å². The van der Waals surface area contributed by atoms with Gasteiger partial charge < -0.3 is 14.2 Å². The molecule has 0 aromatic heterocycles. The number of ether oxygens (including phenoxy) is 3. The molecule has 110 valence electrons. The van der Waals surface area contributed by atoms with E-state index in [1.807, 2.05) is 45.9 Å². The van der Waals surface area contributed by atoms with Gasteiger partial charge in [-0.05, 0) is 19.1 Å². The van der Waals surface area contributed by atoms with Crippen LogP contribution in [0.1, 0.15) is 44.5 Å². The van der Waals surface area contributed by atoms with Crippen LogP contribution in [0.15, 0.2) is 30.3 Å². The first kappa shape index (κ1) is 15.0. The van der Waals surface area contributed by atoms with Crippen molar-refractivity contribution in [2.24, 2.45) is 5.41 Å². The summed E-state index contributed by atoms with van der Waals surface area (Å²) < 4.78 is 16.9. The van der Waals surface area contributed by atoms with Crippen molar-refractivity contribution in [1.29, 1.82) is 0 Å². The predicted molar refractivity (Wildman–Crippen MR) is 75.1 cm³/mol. The van der Waals surface area contributed by atoms with Gasteiger partial charge in [0.1, 0.15) is 0 Å². The Balaban J connectivity index is 2.00. The standard InChI is InChI=1S/C16H22O4/c1-11-10-13(20-15(18-11)16(2,3)4)19-14(17)12-8-6-5-7-9-12/h5-9,11,13,15H,10H2,1-4H3/t11-,13-,15-/m0/s1. The predicted octanol–water partition coefficient (Wildman–Crippen LogP) is 3.37. The average Bonchev–Trinajstić information content (AvgIpc) is 2.38. The molecule has 1 saturated heterocycles. The minimum Gasteiger partial charge on any atom is -0.432 e. The molecule has 2 rings (SSSR count). The van der Waals surface area contributed by atoms with Gasteiger partial charge in [0.15, 0.2) is 6.29 Å². The van der Waals surface area contributed by atoms with Crippen LogP contribution in [0.2, 0.25) is 0 Å². The smallest absolute Gasteiger partial charge is 0.340 e. The highest BCUT2D eigenvalue weighted by molar-refractivity contribution is 5.89. The zero-order chi connectivity index (χ0) is 14.8. The van der Waals surface area contributed by atoms with Gasteiger partial charge in [-0.3, -0.25) is 0 Å². The molecule has 20 heavy (non-hydrogen) atoms. The van der Waals surface area contributed by atoms with E-state index >= 15 is 0 Å². The van der Waals surface area contributed by atoms with E-state index in [0.29, 0.717) is 12.0 Å². The summed E-state index contributed by atoms with van der Waals surface area (Å²) in [7, 11) is 0. The van der Waals surface area contributed by atoms with Crippen molar-refractivity contribution in [1.82, 2.24) is 0 Å². The third-order valence-corrected chi connectivity index (χ3v) is 3.11. The van der Waals surface area contributed by atoms with Crippen LogP contribution in [0.3, 0.4) is 0 Å². The maximum Gasteiger partial charge on any atom is 0.340 e. The van der Waals surface area contributed by atoms with Crippen molar-refractivity contribution in [3.63, 3.8) is 0 Å². The highest BCUT2D eigenvalue weighted by atomic mass is 16.8. The zero-order valence-corrected chi connectivity index (χ0v) is 12.5. The van der Waals surface area contributed by atoms with E-state index in [2.05, 4.69) is 0 Å². The Labute approximate surface area is 120 Å². The summed E-state index contributed by atoms with van der Waals surface area (Å²) in [5, 5.41) is 0. The van der Waals surface area contributed by atoms with Crippen LogP contribution >= 0.6 is 0 Å². The van der Waals surface area contributed by atoms with E-state index in [0.717, 1.165) is 0 Å². The largest absolute Gasteiger partial charge is 0.432 e. The van der Waals surface area contributed by atoms with Crippen molar-refractivity contribution in [2.45, 2.75) is 52.8 Å². The SMILES string of the molecule is C[C@H]1C[C@@H](OC(=O)c2ccccc2)O[C@@H](C(C)(C)C)O1. The Morgan fingerprint density at radius 3 is 2.45 bits per heavy atom. The van der Waals surface area contributed by atoms with E-state index < -0.39 is 6.29 Å². The first-order valence-electron chi connectivity index (χ1n) is 6.93. The Kier molecular flexibility index (Phi) is 4.45. The monoisotopic (exact) mass is 278 g/mol. The van der Waals surface area contributed by atoms with Gasteiger partial charge in [0.25, 0.3) is 0 Å². The molecule has 3 atom stereocenters. The van der Waals surface area contributed by atoms with Crippen molar-refractivity contribution in [3.8, 4) is 0 Å². The molecule has 0 N–H and O–H groups in total. The van der Waals surface area contributed by atoms with Gasteiger partial charge in [0.05, 0.1) is 11.7 Å². The van der Waals surface area contributed by atoms with Crippen molar-refractivity contribution in [2.75, 3.05) is 0 Å². The quantitative estimate of drug-likeness (QED) is 0.778. The number of carbonyl (C=O) groups excluding carboxylic acids is 1. The number of hydrogen-bond acceptors (Lipinski definition) is 4. The summed E-state index contributed by atoms with van der Waals surface area (Å²) in [4.78, 5) is 12.0. The molecule has 4 heteroatoms. The first-order chi connectivity index (χ1) is 9.36. The second-order valence-electron chi connectivity index (χ2n) is 6.22. The highest BCUT2D eigenvalue weighted by Crippen LogP contribution is 2.31. The molecule has 0 amide bonds. The van der Waals surface area contributed by atoms with Gasteiger partial charge in [-0.1, -0.05) is 39.0 Å². The molecule has 0 spiro atoms. The normalized spacial score (nSPS) is 27.1. The molecule has 4 nitrogen and oxygen atoms in total. The zero-order valence-electron chi connectivity index (χ0n) is 12.5. The molecule has 0 radical (unpaired) electrons. The maximum atomic E-state index is 12.0. The minimum atomic E-state index is -0.560. The summed E-state index contributed by atoms with van der Waals surface area (Å²) in [6.07, 6.45) is -0.387. The molecule has 1 fully saturated rings. The molecule has 1 aromatic carbocycles. The lowest BCUT2D eigenvalue weighted by molar-refractivity contribution is -0.317. The summed E-state index contributed by atoms with van der Waals surface area (Å²) in [6, 6.07) is 8.93. The van der Waals surface area contributed by atoms with Crippen LogP contribution in [-0.4, -0.2) is 24.7 Å². The summed E-state index contributed by atoms with van der Waals surface area (Å²) >= 11 is 0. The average molecular weight is 278 g/mol. The van der Waals surface area contributed by atoms with Gasteiger partial charge in [0.2, 0.25) is 6.29 Å². The highest BCUT2D eigenvalue weighted by Gasteiger charge is 2.37. The number of benzene rings is 1. The molecule has 1 aliphatic rings. The van der Waals surface area contributed by atoms with E-state index in [4.69, 9.17) is 14.2 Å². The molecule has 1 aromatic rings. The van der Waals surface area contributed by atoms with Crippen LogP contribution in [0.25, 0.3) is 0 Å². The van der Waals surface area contributed by atoms with E-state index in [1.165, 1.54) is 0 Å². The fraction of sp³-hybridized carbons (Fsp3) is 0.562. The maximum absolute atomic E-state index is 12.0. The van der Waals surface area contributed by atoms with Crippen LogP contribution < -0.4 is 0 Å². The Morgan fingerprint density at radius 2 is 1.85 bits per heavy atom. The Hall–Kier alpha value is -1.39. The number of rotatable bonds is 2. The van der Waals surface area contributed by atoms with E-state index in [1.54, 1.807) is 12.1 Å². The number of carbonyl (C=O) groups is 1. The lowest BCUT2D eigenvalue weighted by atomic mass is 9.95. The third-order valence-electron chi connectivity index (χ3n) is 3.11. The van der Waals surface area contributed by atoms with Crippen LogP contribution in [0.4, 0.5) is 0 Å². The van der Waals surface area contributed by atoms with Gasteiger partial charge >= 0.3 is 5.97 Å². The van der Waals surface area contributed by atoms with Gasteiger partial charge in [0, 0.05) is 11.8 Å². The molecule has 0 saturated carbocycles. The fourth-order valence-corrected chi connectivity index (χ4v) is 2.01. The first-order valence-corrected chi connectivity index (χ1v) is 6.93. The molecule has 0 unspecified atom stereocenters. The summed E-state index contributed by atoms with van der Waals surface area (Å²) in [6.45, 7) is 8.06. The van der Waals surface area contributed by atoms with Gasteiger partial charge in [-0.15, -0.1) is 0 Å². The van der Waals surface area contributed by atoms with Crippen molar-refractivity contribution < 1.29 is 19.0 Å². The number of hydrogen-bond donors (Lipinski definition) is 0. The van der Waals surface area contributed by atoms with Gasteiger partial charge in [-0.2, -0.15) is 0 Å². The Bertz CT molecular complexity index is 449. The molecule has 1 heterocycles. The molecular formula is C16H22O4. The van der Waals surface area contributed by atoms with Crippen molar-refractivity contribution >= 4 is 5.97 Å². The summed E-state index contributed by atoms with van der Waals surface area (Å²) in [5.41, 5.74) is 0.370. The van der Waals surface area contributed by atoms with E-state index in [-0.39, 0.29) is 23.8 Å². The fourth-order valence-electron chi connectivity index (χ4n) is 2.01. The van der Waals surface area contributed by atoms with Crippen molar-refractivity contribution in [3.05, 3.63) is 35.9 Å². The molecule has 1 aliphatic heterocycles. The molecule has 0 aliphatic carbocycles. The minimum absolute atomic E-state index is 0.00143. The third kappa shape index (κ3) is 3.81. The lowest BCUT2D eigenvalue weighted by Crippen LogP contribution is -2.45. The lowest BCUT2D eigenvalue weighted by Gasteiger charge is -2.39. The number of esters is 1. The molecule has 0 bridgehead atoms. The van der Waals surface area contributed by atoms with Gasteiger partial charge in [-0.25, -0.2) is 4.79 Å². The second kappa shape index (κ2) is 5.94.